The van der Waals surface area contributed by atoms with E-state index in [-0.39, 0.29) is 22.3 Å². The van der Waals surface area contributed by atoms with E-state index >= 15 is 0 Å². The number of nitrogens with one attached hydrogen (secondary N) is 1. The van der Waals surface area contributed by atoms with Crippen molar-refractivity contribution in [3.8, 4) is 6.07 Å². The fourth-order valence-electron chi connectivity index (χ4n) is 5.30. The molecule has 0 spiro atoms. The van der Waals surface area contributed by atoms with Gasteiger partial charge in [-0.15, -0.1) is 0 Å². The number of aromatic nitrogens is 1. The van der Waals surface area contributed by atoms with Gasteiger partial charge in [-0.05, 0) is 55.9 Å². The lowest BCUT2D eigenvalue weighted by Gasteiger charge is -2.37. The van der Waals surface area contributed by atoms with Crippen molar-refractivity contribution < 1.29 is 9.59 Å². The normalized spacial score (nSPS) is 20.4. The van der Waals surface area contributed by atoms with Gasteiger partial charge in [-0.2, -0.15) is 5.26 Å². The minimum atomic E-state index is -0.523. The Bertz CT molecular complexity index is 1290. The van der Waals surface area contributed by atoms with E-state index in [1.807, 2.05) is 18.3 Å². The molecule has 0 aromatic carbocycles. The lowest BCUT2D eigenvalue weighted by atomic mass is 9.77. The average Bonchev–Trinajstić information content (AvgIpc) is 2.92. The molecule has 2 aliphatic rings. The highest BCUT2D eigenvalue weighted by Gasteiger charge is 2.34. The molecule has 1 aliphatic carbocycles. The number of amides is 1. The maximum Gasteiger partial charge on any atom is 0.267 e. The lowest BCUT2D eigenvalue weighted by molar-refractivity contribution is -0.122. The van der Waals surface area contributed by atoms with Gasteiger partial charge >= 0.3 is 0 Å². The number of rotatable bonds is 8. The van der Waals surface area contributed by atoms with Crippen molar-refractivity contribution in [2.45, 2.75) is 64.0 Å². The quantitative estimate of drug-likeness (QED) is 0.439. The van der Waals surface area contributed by atoms with Crippen LogP contribution in [0, 0.1) is 16.7 Å². The van der Waals surface area contributed by atoms with Gasteiger partial charge in [0.2, 0.25) is 0 Å². The molecule has 1 saturated carbocycles. The van der Waals surface area contributed by atoms with E-state index in [2.05, 4.69) is 33.4 Å². The Morgan fingerprint density at radius 3 is 2.78 bits per heavy atom. The predicted molar refractivity (Wildman–Crippen MR) is 144 cm³/mol. The molecular weight excluding hydrogens is 466 g/mol. The van der Waals surface area contributed by atoms with Crippen LogP contribution in [0.1, 0.15) is 67.3 Å². The number of fused-ring (bicyclic) bond motifs is 1. The summed E-state index contributed by atoms with van der Waals surface area (Å²) in [5.74, 6) is -0.463. The van der Waals surface area contributed by atoms with E-state index in [4.69, 9.17) is 0 Å². The Morgan fingerprint density at radius 1 is 1.24 bits per heavy atom. The van der Waals surface area contributed by atoms with Gasteiger partial charge in [-0.1, -0.05) is 24.6 Å². The summed E-state index contributed by atoms with van der Waals surface area (Å²) >= 11 is 0. The Kier molecular flexibility index (Phi) is 8.67. The minimum Gasteiger partial charge on any atom is -0.342 e. The van der Waals surface area contributed by atoms with Crippen molar-refractivity contribution in [2.75, 3.05) is 20.1 Å². The van der Waals surface area contributed by atoms with E-state index in [9.17, 15) is 19.6 Å². The number of likely N-dealkylation sites (tertiary alicyclic amines) is 1. The molecule has 1 saturated heterocycles. The Balaban J connectivity index is 1.51. The number of ketones is 1. The molecule has 8 nitrogen and oxygen atoms in total. The first-order chi connectivity index (χ1) is 18.0. The van der Waals surface area contributed by atoms with E-state index in [0.29, 0.717) is 19.4 Å². The fourth-order valence-corrected chi connectivity index (χ4v) is 5.30. The third-order valence-electron chi connectivity index (χ3n) is 7.60. The predicted octanol–water partition coefficient (Wildman–Crippen LogP) is 3.68. The molecule has 1 unspecified atom stereocenters. The number of nitriles is 1. The van der Waals surface area contributed by atoms with Gasteiger partial charge in [0, 0.05) is 51.9 Å². The lowest BCUT2D eigenvalue weighted by Crippen LogP contribution is -2.44. The highest BCUT2D eigenvalue weighted by Crippen LogP contribution is 2.35. The van der Waals surface area contributed by atoms with Crippen LogP contribution in [0.2, 0.25) is 0 Å². The topological polar surface area (TPSA) is 107 Å². The molecule has 0 radical (unpaired) electrons. The zero-order valence-corrected chi connectivity index (χ0v) is 21.5. The van der Waals surface area contributed by atoms with Crippen molar-refractivity contribution >= 4 is 23.4 Å². The minimum absolute atomic E-state index is 0.0309. The molecule has 3 heterocycles. The largest absolute Gasteiger partial charge is 0.342 e. The molecule has 37 heavy (non-hydrogen) atoms. The van der Waals surface area contributed by atoms with Crippen LogP contribution in [0.15, 0.2) is 52.4 Å². The Labute approximate surface area is 217 Å². The number of pyridine rings is 2. The summed E-state index contributed by atoms with van der Waals surface area (Å²) < 4.78 is 1.51. The van der Waals surface area contributed by atoms with Gasteiger partial charge in [0.25, 0.3) is 11.5 Å². The van der Waals surface area contributed by atoms with Crippen LogP contribution in [0.5, 0.6) is 0 Å². The second-order valence-electron chi connectivity index (χ2n) is 10.1. The van der Waals surface area contributed by atoms with Crippen LogP contribution < -0.4 is 10.9 Å². The summed E-state index contributed by atoms with van der Waals surface area (Å²) in [5, 5.41) is 12.7. The molecule has 1 atom stereocenters. The van der Waals surface area contributed by atoms with Gasteiger partial charge < -0.3 is 10.3 Å². The number of Topliss-reactive ketones (excluding diaryl/α,β-unsaturated/α-hetero) is 1. The average molecular weight is 502 g/mol. The van der Waals surface area contributed by atoms with Crippen LogP contribution in [0.3, 0.4) is 0 Å². The number of carbonyl (C=O) groups is 2. The maximum atomic E-state index is 13.2. The molecule has 2 fully saturated rings. The molecular formula is C29H35N5O3. The van der Waals surface area contributed by atoms with Crippen molar-refractivity contribution in [2.24, 2.45) is 10.4 Å². The third kappa shape index (κ3) is 6.23. The van der Waals surface area contributed by atoms with E-state index in [1.165, 1.54) is 4.40 Å². The number of hydrogen-bond donors (Lipinski definition) is 1. The van der Waals surface area contributed by atoms with Gasteiger partial charge in [0.1, 0.15) is 5.56 Å². The molecule has 1 N–H and O–H groups in total. The second kappa shape index (κ2) is 12.1. The third-order valence-corrected chi connectivity index (χ3v) is 7.60. The number of nitrogens with zero attached hydrogens (tertiary/aromatic N) is 4. The molecule has 2 aromatic heterocycles. The van der Waals surface area contributed by atoms with Crippen molar-refractivity contribution in [3.63, 3.8) is 0 Å². The Morgan fingerprint density at radius 2 is 2.05 bits per heavy atom. The smallest absolute Gasteiger partial charge is 0.267 e. The monoisotopic (exact) mass is 501 g/mol. The number of aliphatic imine (C=N–C) groups is 1. The second-order valence-corrected chi connectivity index (χ2v) is 10.1. The molecule has 1 aliphatic heterocycles. The first kappa shape index (κ1) is 26.5. The van der Waals surface area contributed by atoms with Crippen LogP contribution >= 0.6 is 0 Å². The van der Waals surface area contributed by atoms with Crippen molar-refractivity contribution in [1.29, 1.82) is 5.26 Å². The molecule has 8 heteroatoms. The van der Waals surface area contributed by atoms with Gasteiger partial charge in [-0.3, -0.25) is 23.7 Å². The molecule has 194 valence electrons. The van der Waals surface area contributed by atoms with Crippen LogP contribution in [-0.2, 0) is 11.3 Å². The zero-order chi connectivity index (χ0) is 26.3. The molecule has 0 bridgehead atoms. The Hall–Kier alpha value is -3.57. The van der Waals surface area contributed by atoms with Crippen LogP contribution in [-0.4, -0.2) is 53.4 Å². The summed E-state index contributed by atoms with van der Waals surface area (Å²) in [5.41, 5.74) is 0.936. The number of hydrogen-bond acceptors (Lipinski definition) is 6. The fraction of sp³-hybridized carbons (Fsp3) is 0.483. The van der Waals surface area contributed by atoms with Crippen LogP contribution in [0.25, 0.3) is 5.52 Å². The van der Waals surface area contributed by atoms with Crippen molar-refractivity contribution in [1.82, 2.24) is 14.6 Å². The summed E-state index contributed by atoms with van der Waals surface area (Å²) in [6.45, 7) is 2.09. The van der Waals surface area contributed by atoms with E-state index in [1.54, 1.807) is 25.4 Å². The van der Waals surface area contributed by atoms with E-state index in [0.717, 1.165) is 62.7 Å². The van der Waals surface area contributed by atoms with Crippen LogP contribution in [0.4, 0.5) is 0 Å². The molecule has 1 amide bonds. The first-order valence-electron chi connectivity index (χ1n) is 13.1. The highest BCUT2D eigenvalue weighted by molar-refractivity contribution is 5.98. The summed E-state index contributed by atoms with van der Waals surface area (Å²) in [6.07, 6.45) is 13.5. The van der Waals surface area contributed by atoms with Gasteiger partial charge in [-0.25, -0.2) is 0 Å². The number of allylic oxidation sites excluding steroid dienone is 2. The van der Waals surface area contributed by atoms with Crippen molar-refractivity contribution in [3.05, 3.63) is 64.1 Å². The number of carbonyl (C=O) groups excluding carboxylic acids is 2. The van der Waals surface area contributed by atoms with Gasteiger partial charge in [0.15, 0.2) is 5.78 Å². The highest BCUT2D eigenvalue weighted by atomic mass is 16.2. The summed E-state index contributed by atoms with van der Waals surface area (Å²) in [6, 6.07) is 9.26. The van der Waals surface area contributed by atoms with Gasteiger partial charge in [0.05, 0.1) is 23.0 Å². The summed E-state index contributed by atoms with van der Waals surface area (Å²) in [7, 11) is 1.75. The molecule has 2 aromatic rings. The summed E-state index contributed by atoms with van der Waals surface area (Å²) in [4.78, 5) is 44.8. The van der Waals surface area contributed by atoms with E-state index < -0.39 is 11.9 Å². The number of piperidine rings is 1. The SMILES string of the molecule is CN=CCC=CCC1(C#N)CCN(Cc2cc(C(=O)NC3CCCCC3=O)c(=O)n3ccccc23)CC1. The zero-order valence-electron chi connectivity index (χ0n) is 21.5. The first-order valence-corrected chi connectivity index (χ1v) is 13.1. The molecule has 4 rings (SSSR count). The standard InChI is InChI=1S/C29H35N5O3/c1-31-15-7-2-6-12-29(21-30)13-17-33(18-14-29)20-22-19-23(28(37)34-16-8-5-10-25(22)34)27(36)32-24-9-3-4-11-26(24)35/h2,5-6,8,10,15-16,19,24H,3-4,7,9,11-14,17-18,20H2,1H3,(H,32,36). The maximum absolute atomic E-state index is 13.2.